The maximum absolute atomic E-state index is 12.5. The lowest BCUT2D eigenvalue weighted by atomic mass is 9.97. The monoisotopic (exact) mass is 264 g/mol. The van der Waals surface area contributed by atoms with E-state index in [9.17, 15) is 4.79 Å². The van der Waals surface area contributed by atoms with Crippen LogP contribution < -0.4 is 10.5 Å². The molecule has 1 aliphatic heterocycles. The fourth-order valence-corrected chi connectivity index (χ4v) is 2.38. The van der Waals surface area contributed by atoms with Crippen LogP contribution in [0.3, 0.4) is 0 Å². The molecule has 1 amide bonds. The van der Waals surface area contributed by atoms with Crippen molar-refractivity contribution >= 4 is 11.6 Å². The topological polar surface area (TPSA) is 75.8 Å². The summed E-state index contributed by atoms with van der Waals surface area (Å²) in [5.41, 5.74) is 6.79. The highest BCUT2D eigenvalue weighted by molar-refractivity contribution is 5.97. The van der Waals surface area contributed by atoms with E-state index in [1.165, 1.54) is 0 Å². The molecule has 19 heavy (non-hydrogen) atoms. The molecule has 104 valence electrons. The zero-order valence-electron chi connectivity index (χ0n) is 11.1. The molecular weight excluding hydrogens is 244 g/mol. The van der Waals surface area contributed by atoms with Gasteiger partial charge in [0.25, 0.3) is 5.91 Å². The number of nitrogen functional groups attached to an aromatic ring is 1. The first-order valence-electron chi connectivity index (χ1n) is 6.49. The fourth-order valence-electron chi connectivity index (χ4n) is 2.38. The summed E-state index contributed by atoms with van der Waals surface area (Å²) >= 11 is 0. The fraction of sp³-hybridized carbons (Fsp3) is 0.500. The Morgan fingerprint density at radius 3 is 2.74 bits per heavy atom. The highest BCUT2D eigenvalue weighted by atomic mass is 16.5. The standard InChI is InChI=1S/C14H20N2O3/c1-19-13-3-2-11(15)8-12(13)14(18)16-6-4-10(9-17)5-7-16/h2-3,8,10,17H,4-7,9,15H2,1H3. The van der Waals surface area contributed by atoms with Crippen LogP contribution in [-0.4, -0.2) is 42.7 Å². The van der Waals surface area contributed by atoms with E-state index < -0.39 is 0 Å². The van der Waals surface area contributed by atoms with Gasteiger partial charge >= 0.3 is 0 Å². The number of benzene rings is 1. The van der Waals surface area contributed by atoms with Gasteiger partial charge in [-0.2, -0.15) is 0 Å². The number of ether oxygens (including phenoxy) is 1. The number of amides is 1. The van der Waals surface area contributed by atoms with E-state index in [4.69, 9.17) is 15.6 Å². The van der Waals surface area contributed by atoms with Gasteiger partial charge < -0.3 is 20.5 Å². The average Bonchev–Trinajstić information content (AvgIpc) is 2.46. The van der Waals surface area contributed by atoms with Crippen molar-refractivity contribution in [2.45, 2.75) is 12.8 Å². The highest BCUT2D eigenvalue weighted by Crippen LogP contribution is 2.25. The normalized spacial score (nSPS) is 16.4. The SMILES string of the molecule is COc1ccc(N)cc1C(=O)N1CCC(CO)CC1. The molecule has 3 N–H and O–H groups in total. The van der Waals surface area contributed by atoms with Crippen LogP contribution in [0.15, 0.2) is 18.2 Å². The Hall–Kier alpha value is -1.75. The highest BCUT2D eigenvalue weighted by Gasteiger charge is 2.25. The number of likely N-dealkylation sites (tertiary alicyclic amines) is 1. The number of methoxy groups -OCH3 is 1. The van der Waals surface area contributed by atoms with E-state index in [1.54, 1.807) is 30.2 Å². The summed E-state index contributed by atoms with van der Waals surface area (Å²) in [5.74, 6) is 0.802. The summed E-state index contributed by atoms with van der Waals surface area (Å²) in [5, 5.41) is 9.11. The number of piperidine rings is 1. The molecule has 0 atom stereocenters. The van der Waals surface area contributed by atoms with Crippen molar-refractivity contribution in [1.29, 1.82) is 0 Å². The average molecular weight is 264 g/mol. The predicted octanol–water partition coefficient (Wildman–Crippen LogP) is 1.12. The van der Waals surface area contributed by atoms with Gasteiger partial charge in [0, 0.05) is 25.4 Å². The number of carbonyl (C=O) groups is 1. The third-order valence-corrected chi connectivity index (χ3v) is 3.61. The zero-order chi connectivity index (χ0) is 13.8. The molecule has 5 heteroatoms. The first-order valence-corrected chi connectivity index (χ1v) is 6.49. The van der Waals surface area contributed by atoms with Crippen molar-refractivity contribution in [3.8, 4) is 5.75 Å². The maximum Gasteiger partial charge on any atom is 0.257 e. The molecule has 1 aromatic rings. The Labute approximate surface area is 113 Å². The molecule has 0 saturated carbocycles. The molecule has 0 spiro atoms. The summed E-state index contributed by atoms with van der Waals surface area (Å²) in [6, 6.07) is 5.08. The lowest BCUT2D eigenvalue weighted by Crippen LogP contribution is -2.39. The van der Waals surface area contributed by atoms with Gasteiger partial charge in [-0.15, -0.1) is 0 Å². The van der Waals surface area contributed by atoms with Crippen LogP contribution >= 0.6 is 0 Å². The van der Waals surface area contributed by atoms with E-state index in [-0.39, 0.29) is 12.5 Å². The van der Waals surface area contributed by atoms with E-state index in [0.29, 0.717) is 36.0 Å². The Kier molecular flexibility index (Phi) is 4.27. The smallest absolute Gasteiger partial charge is 0.257 e. The first-order chi connectivity index (χ1) is 9.15. The van der Waals surface area contributed by atoms with E-state index in [1.807, 2.05) is 0 Å². The third kappa shape index (κ3) is 2.98. The van der Waals surface area contributed by atoms with Crippen LogP contribution in [0.5, 0.6) is 5.75 Å². The van der Waals surface area contributed by atoms with Crippen molar-refractivity contribution < 1.29 is 14.6 Å². The molecule has 0 aliphatic carbocycles. The summed E-state index contributed by atoms with van der Waals surface area (Å²) < 4.78 is 5.21. The zero-order valence-corrected chi connectivity index (χ0v) is 11.1. The molecular formula is C14H20N2O3. The molecule has 0 radical (unpaired) electrons. The molecule has 1 saturated heterocycles. The number of aliphatic hydroxyl groups excluding tert-OH is 1. The van der Waals surface area contributed by atoms with E-state index in [0.717, 1.165) is 12.8 Å². The molecule has 0 aromatic heterocycles. The van der Waals surface area contributed by atoms with Crippen LogP contribution in [0.4, 0.5) is 5.69 Å². The van der Waals surface area contributed by atoms with Crippen molar-refractivity contribution in [3.05, 3.63) is 23.8 Å². The Morgan fingerprint density at radius 1 is 1.47 bits per heavy atom. The number of aliphatic hydroxyl groups is 1. The van der Waals surface area contributed by atoms with Gasteiger partial charge in [-0.05, 0) is 37.0 Å². The second-order valence-corrected chi connectivity index (χ2v) is 4.88. The quantitative estimate of drug-likeness (QED) is 0.802. The minimum atomic E-state index is -0.0551. The van der Waals surface area contributed by atoms with Gasteiger partial charge in [0.05, 0.1) is 12.7 Å². The van der Waals surface area contributed by atoms with E-state index in [2.05, 4.69) is 0 Å². The lowest BCUT2D eigenvalue weighted by molar-refractivity contribution is 0.0647. The number of hydrogen-bond acceptors (Lipinski definition) is 4. The second-order valence-electron chi connectivity index (χ2n) is 4.88. The Balaban J connectivity index is 2.14. The molecule has 0 bridgehead atoms. The second kappa shape index (κ2) is 5.93. The maximum atomic E-state index is 12.5. The predicted molar refractivity (Wildman–Crippen MR) is 73.1 cm³/mol. The van der Waals surface area contributed by atoms with Crippen LogP contribution in [0.2, 0.25) is 0 Å². The number of anilines is 1. The van der Waals surface area contributed by atoms with Gasteiger partial charge in [-0.3, -0.25) is 4.79 Å². The largest absolute Gasteiger partial charge is 0.496 e. The molecule has 1 fully saturated rings. The number of nitrogens with two attached hydrogens (primary N) is 1. The third-order valence-electron chi connectivity index (χ3n) is 3.61. The van der Waals surface area contributed by atoms with Crippen LogP contribution in [0.25, 0.3) is 0 Å². The number of hydrogen-bond donors (Lipinski definition) is 2. The van der Waals surface area contributed by atoms with Crippen LogP contribution in [-0.2, 0) is 0 Å². The number of rotatable bonds is 3. The lowest BCUT2D eigenvalue weighted by Gasteiger charge is -2.31. The van der Waals surface area contributed by atoms with Crippen LogP contribution in [0.1, 0.15) is 23.2 Å². The molecule has 1 aliphatic rings. The van der Waals surface area contributed by atoms with Gasteiger partial charge in [-0.25, -0.2) is 0 Å². The number of nitrogens with zero attached hydrogens (tertiary/aromatic N) is 1. The Morgan fingerprint density at radius 2 is 2.16 bits per heavy atom. The minimum absolute atomic E-state index is 0.0551. The van der Waals surface area contributed by atoms with Gasteiger partial charge in [-0.1, -0.05) is 0 Å². The van der Waals surface area contributed by atoms with E-state index >= 15 is 0 Å². The van der Waals surface area contributed by atoms with Crippen molar-refractivity contribution in [2.24, 2.45) is 5.92 Å². The van der Waals surface area contributed by atoms with Gasteiger partial charge in [0.2, 0.25) is 0 Å². The summed E-state index contributed by atoms with van der Waals surface area (Å²) in [7, 11) is 1.54. The summed E-state index contributed by atoms with van der Waals surface area (Å²) in [6.07, 6.45) is 1.68. The van der Waals surface area contributed by atoms with Gasteiger partial charge in [0.15, 0.2) is 0 Å². The van der Waals surface area contributed by atoms with Crippen molar-refractivity contribution in [2.75, 3.05) is 32.5 Å². The summed E-state index contributed by atoms with van der Waals surface area (Å²) in [6.45, 7) is 1.54. The molecule has 1 aromatic carbocycles. The van der Waals surface area contributed by atoms with Crippen molar-refractivity contribution in [1.82, 2.24) is 4.90 Å². The molecule has 5 nitrogen and oxygen atoms in total. The molecule has 1 heterocycles. The van der Waals surface area contributed by atoms with Crippen LogP contribution in [0, 0.1) is 5.92 Å². The summed E-state index contributed by atoms with van der Waals surface area (Å²) in [4.78, 5) is 14.2. The number of carbonyl (C=O) groups excluding carboxylic acids is 1. The molecule has 2 rings (SSSR count). The minimum Gasteiger partial charge on any atom is -0.496 e. The first kappa shape index (κ1) is 13.7. The Bertz CT molecular complexity index is 454. The molecule has 0 unspecified atom stereocenters. The van der Waals surface area contributed by atoms with Gasteiger partial charge in [0.1, 0.15) is 5.75 Å². The van der Waals surface area contributed by atoms with Crippen molar-refractivity contribution in [3.63, 3.8) is 0 Å².